The number of carbonyl (C=O) groups excluding carboxylic acids is 4. The lowest BCUT2D eigenvalue weighted by atomic mass is 10.1. The van der Waals surface area contributed by atoms with E-state index in [4.69, 9.17) is 11.6 Å². The van der Waals surface area contributed by atoms with E-state index in [2.05, 4.69) is 0 Å². The molecule has 0 radical (unpaired) electrons. The normalized spacial score (nSPS) is 14.1. The number of piperidine rings is 1. The van der Waals surface area contributed by atoms with E-state index in [0.29, 0.717) is 12.0 Å². The number of hydrogen-bond donors (Lipinski definition) is 0. The van der Waals surface area contributed by atoms with Crippen LogP contribution in [0.3, 0.4) is 0 Å². The highest BCUT2D eigenvalue weighted by Crippen LogP contribution is 2.22. The molecule has 1 saturated heterocycles. The molecule has 1 aliphatic heterocycles. The van der Waals surface area contributed by atoms with Crippen LogP contribution in [-0.2, 0) is 9.59 Å². The summed E-state index contributed by atoms with van der Waals surface area (Å²) in [6.45, 7) is 1.46. The second-order valence-electron chi connectivity index (χ2n) is 6.58. The third-order valence-electron chi connectivity index (χ3n) is 4.50. The van der Waals surface area contributed by atoms with Gasteiger partial charge in [-0.15, -0.1) is 0 Å². The van der Waals surface area contributed by atoms with Gasteiger partial charge in [0.1, 0.15) is 6.54 Å². The Morgan fingerprint density at radius 2 is 1.61 bits per heavy atom. The summed E-state index contributed by atoms with van der Waals surface area (Å²) in [5.41, 5.74) is 1.49. The Balaban J connectivity index is 1.96. The number of imide groups is 1. The van der Waals surface area contributed by atoms with Crippen LogP contribution in [0.4, 0.5) is 0 Å². The number of amides is 3. The number of hydrogen-bond acceptors (Lipinski definition) is 4. The predicted octanol–water partition coefficient (Wildman–Crippen LogP) is 3.43. The standard InChI is InChI=1S/C21H19ClN2O4/c1-14-9-11-15(12-10-14)18(25)13-23(24-19(26)7-4-8-20(24)27)21(28)16-5-2-3-6-17(16)22/h2-3,5-6,9-12H,4,7-8,13H2,1H3. The zero-order chi connectivity index (χ0) is 20.3. The molecule has 7 heteroatoms. The van der Waals surface area contributed by atoms with Crippen LogP contribution in [0.25, 0.3) is 0 Å². The van der Waals surface area contributed by atoms with E-state index in [9.17, 15) is 19.2 Å². The fraction of sp³-hybridized carbons (Fsp3) is 0.238. The van der Waals surface area contributed by atoms with Crippen molar-refractivity contribution in [2.24, 2.45) is 0 Å². The lowest BCUT2D eigenvalue weighted by Gasteiger charge is -2.35. The number of benzene rings is 2. The van der Waals surface area contributed by atoms with Gasteiger partial charge in [-0.05, 0) is 25.5 Å². The predicted molar refractivity (Wildman–Crippen MR) is 104 cm³/mol. The fourth-order valence-electron chi connectivity index (χ4n) is 2.98. The summed E-state index contributed by atoms with van der Waals surface area (Å²) >= 11 is 6.13. The van der Waals surface area contributed by atoms with Crippen molar-refractivity contribution >= 4 is 35.1 Å². The van der Waals surface area contributed by atoms with Gasteiger partial charge in [-0.2, -0.15) is 5.01 Å². The summed E-state index contributed by atoms with van der Waals surface area (Å²) in [4.78, 5) is 50.7. The molecule has 1 heterocycles. The van der Waals surface area contributed by atoms with E-state index in [1.54, 1.807) is 36.4 Å². The molecule has 2 aromatic carbocycles. The summed E-state index contributed by atoms with van der Waals surface area (Å²) in [7, 11) is 0. The minimum atomic E-state index is -0.672. The first-order valence-electron chi connectivity index (χ1n) is 8.90. The molecule has 2 aromatic rings. The highest BCUT2D eigenvalue weighted by atomic mass is 35.5. The lowest BCUT2D eigenvalue weighted by molar-refractivity contribution is -0.162. The Morgan fingerprint density at radius 3 is 2.21 bits per heavy atom. The number of Topliss-reactive ketones (excluding diaryl/α,β-unsaturated/α-hetero) is 1. The Morgan fingerprint density at radius 1 is 1.00 bits per heavy atom. The molecule has 144 valence electrons. The first-order valence-corrected chi connectivity index (χ1v) is 9.28. The monoisotopic (exact) mass is 398 g/mol. The van der Waals surface area contributed by atoms with Gasteiger partial charge >= 0.3 is 0 Å². The van der Waals surface area contributed by atoms with Gasteiger partial charge in [0.05, 0.1) is 10.6 Å². The Kier molecular flexibility index (Phi) is 5.90. The third-order valence-corrected chi connectivity index (χ3v) is 4.83. The smallest absolute Gasteiger partial charge is 0.274 e. The highest BCUT2D eigenvalue weighted by molar-refractivity contribution is 6.34. The Labute approximate surface area is 167 Å². The molecule has 3 amide bonds. The Hall–Kier alpha value is -2.99. The minimum Gasteiger partial charge on any atom is -0.292 e. The Bertz CT molecular complexity index is 924. The molecule has 0 N–H and O–H groups in total. The first kappa shape index (κ1) is 19.8. The van der Waals surface area contributed by atoms with Crippen molar-refractivity contribution in [1.29, 1.82) is 0 Å². The van der Waals surface area contributed by atoms with E-state index in [-0.39, 0.29) is 29.2 Å². The van der Waals surface area contributed by atoms with Crippen molar-refractivity contribution in [3.8, 4) is 0 Å². The van der Waals surface area contributed by atoms with Crippen molar-refractivity contribution < 1.29 is 19.2 Å². The molecule has 1 aliphatic rings. The van der Waals surface area contributed by atoms with Gasteiger partial charge in [0.2, 0.25) is 11.8 Å². The van der Waals surface area contributed by atoms with E-state index >= 15 is 0 Å². The molecule has 0 aliphatic carbocycles. The van der Waals surface area contributed by atoms with Crippen LogP contribution >= 0.6 is 11.6 Å². The quantitative estimate of drug-likeness (QED) is 0.571. The van der Waals surface area contributed by atoms with Crippen LogP contribution in [0, 0.1) is 6.92 Å². The van der Waals surface area contributed by atoms with Crippen molar-refractivity contribution in [2.45, 2.75) is 26.2 Å². The van der Waals surface area contributed by atoms with Crippen molar-refractivity contribution in [3.05, 3.63) is 70.2 Å². The number of aryl methyl sites for hydroxylation is 1. The van der Waals surface area contributed by atoms with Crippen molar-refractivity contribution in [1.82, 2.24) is 10.0 Å². The minimum absolute atomic E-state index is 0.118. The maximum atomic E-state index is 13.1. The number of halogens is 1. The number of carbonyl (C=O) groups is 4. The van der Waals surface area contributed by atoms with E-state index in [1.165, 1.54) is 12.1 Å². The number of ketones is 1. The largest absolute Gasteiger partial charge is 0.292 e. The van der Waals surface area contributed by atoms with Crippen LogP contribution in [0.15, 0.2) is 48.5 Å². The summed E-state index contributed by atoms with van der Waals surface area (Å²) in [5, 5.41) is 1.88. The summed E-state index contributed by atoms with van der Waals surface area (Å²) in [6, 6.07) is 13.2. The molecular formula is C21H19ClN2O4. The topological polar surface area (TPSA) is 74.8 Å². The van der Waals surface area contributed by atoms with E-state index < -0.39 is 24.3 Å². The van der Waals surface area contributed by atoms with E-state index in [1.807, 2.05) is 6.92 Å². The molecule has 28 heavy (non-hydrogen) atoms. The highest BCUT2D eigenvalue weighted by Gasteiger charge is 2.36. The zero-order valence-electron chi connectivity index (χ0n) is 15.4. The SMILES string of the molecule is Cc1ccc(C(=O)CN(C(=O)c2ccccc2Cl)N2C(=O)CCCC2=O)cc1. The van der Waals surface area contributed by atoms with Gasteiger partial charge in [-0.3, -0.25) is 19.2 Å². The molecule has 1 fully saturated rings. The summed E-state index contributed by atoms with van der Waals surface area (Å²) in [6.07, 6.45) is 0.696. The van der Waals surface area contributed by atoms with Gasteiger partial charge < -0.3 is 0 Å². The molecule has 0 aromatic heterocycles. The zero-order valence-corrected chi connectivity index (χ0v) is 16.1. The van der Waals surface area contributed by atoms with Crippen LogP contribution in [0.2, 0.25) is 5.02 Å². The summed E-state index contributed by atoms with van der Waals surface area (Å²) in [5.74, 6) is -2.07. The first-order chi connectivity index (χ1) is 13.4. The van der Waals surface area contributed by atoms with Crippen LogP contribution < -0.4 is 0 Å². The molecule has 0 bridgehead atoms. The van der Waals surface area contributed by atoms with Gasteiger partial charge in [0.25, 0.3) is 5.91 Å². The molecule has 0 unspecified atom stereocenters. The second kappa shape index (κ2) is 8.35. The van der Waals surface area contributed by atoms with Crippen LogP contribution in [-0.4, -0.2) is 40.1 Å². The van der Waals surface area contributed by atoms with Gasteiger partial charge in [-0.1, -0.05) is 53.6 Å². The average molecular weight is 399 g/mol. The molecule has 6 nitrogen and oxygen atoms in total. The molecule has 3 rings (SSSR count). The van der Waals surface area contributed by atoms with E-state index in [0.717, 1.165) is 15.6 Å². The maximum Gasteiger partial charge on any atom is 0.274 e. The van der Waals surface area contributed by atoms with Crippen LogP contribution in [0.1, 0.15) is 45.5 Å². The molecule has 0 saturated carbocycles. The average Bonchev–Trinajstić information content (AvgIpc) is 2.67. The molecule has 0 atom stereocenters. The maximum absolute atomic E-state index is 13.1. The van der Waals surface area contributed by atoms with Gasteiger partial charge in [-0.25, -0.2) is 5.01 Å². The molecular weight excluding hydrogens is 380 g/mol. The number of nitrogens with zero attached hydrogens (tertiary/aromatic N) is 2. The lowest BCUT2D eigenvalue weighted by Crippen LogP contribution is -2.56. The molecule has 0 spiro atoms. The number of hydrazine groups is 1. The number of rotatable bonds is 5. The van der Waals surface area contributed by atoms with Gasteiger partial charge in [0.15, 0.2) is 5.78 Å². The fourth-order valence-corrected chi connectivity index (χ4v) is 3.20. The van der Waals surface area contributed by atoms with Crippen molar-refractivity contribution in [3.63, 3.8) is 0 Å². The summed E-state index contributed by atoms with van der Waals surface area (Å²) < 4.78 is 0. The third kappa shape index (κ3) is 4.12. The van der Waals surface area contributed by atoms with Crippen LogP contribution in [0.5, 0.6) is 0 Å². The van der Waals surface area contributed by atoms with Crippen molar-refractivity contribution in [2.75, 3.05) is 6.54 Å². The second-order valence-corrected chi connectivity index (χ2v) is 6.99. The van der Waals surface area contributed by atoms with Gasteiger partial charge in [0, 0.05) is 18.4 Å².